The molecular formula is C26H38N4O2Si. The Labute approximate surface area is 198 Å². The van der Waals surface area contributed by atoms with Crippen molar-refractivity contribution in [2.24, 2.45) is 0 Å². The van der Waals surface area contributed by atoms with Crippen LogP contribution in [0.15, 0.2) is 24.3 Å². The zero-order chi connectivity index (χ0) is 24.0. The van der Waals surface area contributed by atoms with Crippen LogP contribution in [-0.2, 0) is 21.8 Å². The number of para-hydroxylation sites is 1. The Morgan fingerprint density at radius 3 is 2.61 bits per heavy atom. The number of carbonyl (C=O) groups is 1. The van der Waals surface area contributed by atoms with E-state index in [1.165, 1.54) is 5.56 Å². The number of aromatic nitrogens is 4. The minimum Gasteiger partial charge on any atom is -0.361 e. The van der Waals surface area contributed by atoms with E-state index in [0.717, 1.165) is 47.3 Å². The summed E-state index contributed by atoms with van der Waals surface area (Å²) >= 11 is 0. The second kappa shape index (κ2) is 8.84. The average Bonchev–Trinajstić information content (AvgIpc) is 3.40. The maximum atomic E-state index is 11.9. The van der Waals surface area contributed by atoms with Crippen LogP contribution in [0, 0.1) is 6.92 Å². The second-order valence-corrected chi connectivity index (χ2v) is 17.3. The van der Waals surface area contributed by atoms with Gasteiger partial charge in [0.05, 0.1) is 22.3 Å². The number of ketones is 1. The van der Waals surface area contributed by atoms with Crippen molar-refractivity contribution in [2.45, 2.75) is 90.8 Å². The number of fused-ring (bicyclic) bond motifs is 1. The number of Topliss-reactive ketones (excluding diaryl/α,β-unsaturated/α-hetero) is 1. The topological polar surface area (TPSA) is 61.9 Å². The number of aryl methyl sites for hydroxylation is 1. The van der Waals surface area contributed by atoms with Crippen LogP contribution in [0.1, 0.15) is 57.2 Å². The van der Waals surface area contributed by atoms with Gasteiger partial charge in [-0.1, -0.05) is 31.8 Å². The van der Waals surface area contributed by atoms with E-state index in [4.69, 9.17) is 14.8 Å². The molecule has 0 bridgehead atoms. The van der Waals surface area contributed by atoms with E-state index in [-0.39, 0.29) is 11.5 Å². The highest BCUT2D eigenvalue weighted by Gasteiger charge is 2.30. The molecule has 1 atom stereocenters. The van der Waals surface area contributed by atoms with Gasteiger partial charge in [-0.05, 0) is 57.9 Å². The molecule has 1 unspecified atom stereocenters. The van der Waals surface area contributed by atoms with E-state index in [9.17, 15) is 4.79 Å². The minimum absolute atomic E-state index is 0.201. The number of ether oxygens (including phenoxy) is 1. The summed E-state index contributed by atoms with van der Waals surface area (Å²) < 4.78 is 10.5. The number of benzene rings is 1. The Bertz CT molecular complexity index is 1160. The number of nitrogens with zero attached hydrogens (tertiary/aromatic N) is 4. The summed E-state index contributed by atoms with van der Waals surface area (Å²) in [4.78, 5) is 17.0. The Hall–Kier alpha value is -2.25. The molecule has 0 aliphatic heterocycles. The molecule has 1 aliphatic carbocycles. The fourth-order valence-electron chi connectivity index (χ4n) is 4.56. The molecule has 33 heavy (non-hydrogen) atoms. The first kappa shape index (κ1) is 23.9. The van der Waals surface area contributed by atoms with Gasteiger partial charge in [0.25, 0.3) is 0 Å². The maximum absolute atomic E-state index is 11.9. The van der Waals surface area contributed by atoms with Crippen LogP contribution in [0.4, 0.5) is 0 Å². The van der Waals surface area contributed by atoms with E-state index in [0.29, 0.717) is 25.4 Å². The van der Waals surface area contributed by atoms with Gasteiger partial charge in [0.15, 0.2) is 5.82 Å². The molecule has 178 valence electrons. The maximum Gasteiger partial charge on any atom is 0.161 e. The molecule has 1 fully saturated rings. The molecule has 1 aliphatic rings. The fourth-order valence-corrected chi connectivity index (χ4v) is 5.31. The second-order valence-electron chi connectivity index (χ2n) is 11.7. The van der Waals surface area contributed by atoms with E-state index >= 15 is 0 Å². The third-order valence-electron chi connectivity index (χ3n) is 6.44. The van der Waals surface area contributed by atoms with Crippen molar-refractivity contribution >= 4 is 24.9 Å². The van der Waals surface area contributed by atoms with E-state index in [1.54, 1.807) is 0 Å². The molecule has 0 N–H and O–H groups in total. The third-order valence-corrected chi connectivity index (χ3v) is 8.15. The van der Waals surface area contributed by atoms with Crippen LogP contribution in [0.3, 0.4) is 0 Å². The molecule has 1 aromatic carbocycles. The number of carbonyl (C=O) groups excluding carboxylic acids is 1. The molecule has 0 radical (unpaired) electrons. The van der Waals surface area contributed by atoms with Crippen molar-refractivity contribution in [2.75, 3.05) is 6.61 Å². The number of imidazole rings is 1. The summed E-state index contributed by atoms with van der Waals surface area (Å²) in [6.45, 7) is 17.0. The summed E-state index contributed by atoms with van der Waals surface area (Å²) in [5, 5.41) is 5.01. The highest BCUT2D eigenvalue weighted by molar-refractivity contribution is 6.76. The average molecular weight is 467 g/mol. The molecule has 7 heteroatoms. The Morgan fingerprint density at radius 2 is 1.97 bits per heavy atom. The van der Waals surface area contributed by atoms with E-state index in [1.807, 2.05) is 0 Å². The van der Waals surface area contributed by atoms with Gasteiger partial charge in [-0.3, -0.25) is 14.0 Å². The first-order valence-corrected chi connectivity index (χ1v) is 15.8. The summed E-state index contributed by atoms with van der Waals surface area (Å²) in [6, 6.07) is 9.54. The largest absolute Gasteiger partial charge is 0.361 e. The van der Waals surface area contributed by atoms with Crippen LogP contribution in [0.5, 0.6) is 0 Å². The fraction of sp³-hybridized carbons (Fsp3) is 0.577. The van der Waals surface area contributed by atoms with Gasteiger partial charge < -0.3 is 4.74 Å². The number of hydrogen-bond acceptors (Lipinski definition) is 4. The lowest BCUT2D eigenvalue weighted by Gasteiger charge is -2.23. The molecule has 0 saturated heterocycles. The minimum atomic E-state index is -1.16. The lowest BCUT2D eigenvalue weighted by Crippen LogP contribution is -2.25. The molecule has 1 saturated carbocycles. The normalized spacial score (nSPS) is 17.4. The first-order valence-electron chi connectivity index (χ1n) is 12.1. The zero-order valence-corrected chi connectivity index (χ0v) is 22.2. The van der Waals surface area contributed by atoms with Crippen molar-refractivity contribution in [3.05, 3.63) is 35.5 Å². The molecule has 2 aromatic heterocycles. The smallest absolute Gasteiger partial charge is 0.161 e. The van der Waals surface area contributed by atoms with E-state index in [2.05, 4.69) is 80.9 Å². The van der Waals surface area contributed by atoms with Gasteiger partial charge in [0.1, 0.15) is 18.2 Å². The van der Waals surface area contributed by atoms with Crippen LogP contribution in [0.25, 0.3) is 22.6 Å². The SMILES string of the molecule is Cc1cccc2nc(-c3cc(C4CCC(=O)C4)nn3C(C)(C)C)n(COCC[Si](C)(C)C)c12. The van der Waals surface area contributed by atoms with Crippen LogP contribution in [0.2, 0.25) is 25.7 Å². The Morgan fingerprint density at radius 1 is 1.21 bits per heavy atom. The number of rotatable bonds is 7. The third kappa shape index (κ3) is 5.14. The Balaban J connectivity index is 1.79. The first-order chi connectivity index (χ1) is 15.4. The molecule has 2 heterocycles. The molecule has 6 nitrogen and oxygen atoms in total. The van der Waals surface area contributed by atoms with Crippen molar-refractivity contribution in [1.82, 2.24) is 19.3 Å². The van der Waals surface area contributed by atoms with Gasteiger partial charge >= 0.3 is 0 Å². The van der Waals surface area contributed by atoms with Gasteiger partial charge in [-0.25, -0.2) is 4.98 Å². The van der Waals surface area contributed by atoms with Crippen LogP contribution >= 0.6 is 0 Å². The van der Waals surface area contributed by atoms with Crippen molar-refractivity contribution < 1.29 is 9.53 Å². The summed E-state index contributed by atoms with van der Waals surface area (Å²) in [5.41, 5.74) is 5.04. The highest BCUT2D eigenvalue weighted by Crippen LogP contribution is 2.36. The van der Waals surface area contributed by atoms with Gasteiger partial charge in [0, 0.05) is 33.4 Å². The highest BCUT2D eigenvalue weighted by atomic mass is 28.3. The quantitative estimate of drug-likeness (QED) is 0.311. The molecule has 4 rings (SSSR count). The summed E-state index contributed by atoms with van der Waals surface area (Å²) in [5.74, 6) is 1.42. The predicted octanol–water partition coefficient (Wildman–Crippen LogP) is 6.11. The lowest BCUT2D eigenvalue weighted by atomic mass is 10.0. The molecular weight excluding hydrogens is 428 g/mol. The lowest BCUT2D eigenvalue weighted by molar-refractivity contribution is -0.117. The van der Waals surface area contributed by atoms with Gasteiger partial charge in [-0.15, -0.1) is 0 Å². The van der Waals surface area contributed by atoms with Crippen molar-refractivity contribution in [1.29, 1.82) is 0 Å². The molecule has 0 spiro atoms. The zero-order valence-electron chi connectivity index (χ0n) is 21.2. The van der Waals surface area contributed by atoms with Crippen molar-refractivity contribution in [3.8, 4) is 11.5 Å². The standard InChI is InChI=1S/C26H38N4O2Si/c1-18-9-8-10-21-24(18)29(17-32-13-14-33(5,6)7)25(27-21)23-16-22(19-11-12-20(31)15-19)28-30(23)26(2,3)4/h8-10,16,19H,11-15,17H2,1-7H3. The van der Waals surface area contributed by atoms with Crippen molar-refractivity contribution in [3.63, 3.8) is 0 Å². The monoisotopic (exact) mass is 466 g/mol. The summed E-state index contributed by atoms with van der Waals surface area (Å²) in [6.07, 6.45) is 2.13. The molecule has 3 aromatic rings. The van der Waals surface area contributed by atoms with Gasteiger partial charge in [0.2, 0.25) is 0 Å². The van der Waals surface area contributed by atoms with Gasteiger partial charge in [-0.2, -0.15) is 5.10 Å². The molecule has 0 amide bonds. The van der Waals surface area contributed by atoms with Crippen LogP contribution in [-0.4, -0.2) is 39.8 Å². The van der Waals surface area contributed by atoms with E-state index < -0.39 is 8.07 Å². The van der Waals surface area contributed by atoms with Crippen LogP contribution < -0.4 is 0 Å². The Kier molecular flexibility index (Phi) is 6.40. The number of hydrogen-bond donors (Lipinski definition) is 0. The predicted molar refractivity (Wildman–Crippen MR) is 136 cm³/mol. The summed E-state index contributed by atoms with van der Waals surface area (Å²) in [7, 11) is -1.16.